The number of piperidine rings is 1. The second-order valence-electron chi connectivity index (χ2n) is 7.21. The van der Waals surface area contributed by atoms with Crippen molar-refractivity contribution in [1.29, 1.82) is 0 Å². The van der Waals surface area contributed by atoms with Crippen molar-refractivity contribution in [3.8, 4) is 16.9 Å². The number of likely N-dealkylation sites (tertiary alicyclic amines) is 1. The van der Waals surface area contributed by atoms with E-state index in [1.807, 2.05) is 24.3 Å². The van der Waals surface area contributed by atoms with Crippen molar-refractivity contribution in [2.45, 2.75) is 18.9 Å². The standard InChI is InChI=1S/C21H24N2O7S/c1-30-18-8-4-15(5-9-18)14-2-6-17(7-3-14)23(31(28)29)19(20(24)25)16-10-12-22(13-11-16)21(26)27/h2-9,16,19H,10-13H2,1H3,(H,24,25)(H,26,27)(H,28,29)/p-1. The maximum absolute atomic E-state index is 12.0. The van der Waals surface area contributed by atoms with Crippen molar-refractivity contribution in [1.82, 2.24) is 4.90 Å². The molecule has 1 aliphatic heterocycles. The molecule has 2 atom stereocenters. The summed E-state index contributed by atoms with van der Waals surface area (Å²) in [6.07, 6.45) is -0.536. The van der Waals surface area contributed by atoms with Crippen LogP contribution in [0.3, 0.4) is 0 Å². The third-order valence-corrected chi connectivity index (χ3v) is 6.23. The summed E-state index contributed by atoms with van der Waals surface area (Å²) < 4.78 is 30.1. The van der Waals surface area contributed by atoms with Gasteiger partial charge in [0.05, 0.1) is 7.11 Å². The normalized spacial score (nSPS) is 16.4. The highest BCUT2D eigenvalue weighted by Crippen LogP contribution is 2.31. The summed E-state index contributed by atoms with van der Waals surface area (Å²) in [5, 5.41) is 18.9. The Balaban J connectivity index is 1.84. The van der Waals surface area contributed by atoms with Gasteiger partial charge in [-0.1, -0.05) is 24.3 Å². The monoisotopic (exact) mass is 447 g/mol. The van der Waals surface area contributed by atoms with Gasteiger partial charge in [0.1, 0.15) is 11.8 Å². The molecule has 166 valence electrons. The van der Waals surface area contributed by atoms with Crippen molar-refractivity contribution in [2.75, 3.05) is 24.5 Å². The van der Waals surface area contributed by atoms with Crippen molar-refractivity contribution < 1.29 is 33.3 Å². The molecule has 10 heteroatoms. The third-order valence-electron chi connectivity index (χ3n) is 5.47. The molecule has 31 heavy (non-hydrogen) atoms. The van der Waals surface area contributed by atoms with Crippen molar-refractivity contribution in [3.63, 3.8) is 0 Å². The van der Waals surface area contributed by atoms with Crippen LogP contribution in [-0.4, -0.2) is 62.2 Å². The molecule has 3 rings (SSSR count). The van der Waals surface area contributed by atoms with Crippen LogP contribution in [0.25, 0.3) is 11.1 Å². The van der Waals surface area contributed by atoms with Gasteiger partial charge in [0, 0.05) is 30.0 Å². The van der Waals surface area contributed by atoms with E-state index in [0.29, 0.717) is 5.75 Å². The van der Waals surface area contributed by atoms with Crippen LogP contribution >= 0.6 is 0 Å². The predicted octanol–water partition coefficient (Wildman–Crippen LogP) is 2.81. The summed E-state index contributed by atoms with van der Waals surface area (Å²) in [6, 6.07) is 12.6. The fourth-order valence-electron chi connectivity index (χ4n) is 3.82. The largest absolute Gasteiger partial charge is 0.755 e. The number of amides is 1. The molecule has 2 unspecified atom stereocenters. The van der Waals surface area contributed by atoms with Crippen molar-refractivity contribution in [3.05, 3.63) is 48.5 Å². The Labute approximate surface area is 182 Å². The molecule has 0 aliphatic carbocycles. The number of carboxylic acids is 1. The number of ether oxygens (including phenoxy) is 1. The lowest BCUT2D eigenvalue weighted by Gasteiger charge is -2.39. The second kappa shape index (κ2) is 9.80. The maximum Gasteiger partial charge on any atom is 0.407 e. The second-order valence-corrected chi connectivity index (χ2v) is 8.04. The predicted molar refractivity (Wildman–Crippen MR) is 114 cm³/mol. The van der Waals surface area contributed by atoms with Gasteiger partial charge in [-0.3, -0.25) is 8.51 Å². The van der Waals surface area contributed by atoms with Crippen LogP contribution in [0.2, 0.25) is 0 Å². The highest BCUT2D eigenvalue weighted by atomic mass is 32.2. The van der Waals surface area contributed by atoms with Gasteiger partial charge in [-0.2, -0.15) is 0 Å². The number of methoxy groups -OCH3 is 1. The fraction of sp³-hybridized carbons (Fsp3) is 0.333. The Morgan fingerprint density at radius 1 is 1.06 bits per heavy atom. The number of hydrogen-bond acceptors (Lipinski definition) is 5. The molecule has 1 saturated heterocycles. The summed E-state index contributed by atoms with van der Waals surface area (Å²) in [5.74, 6) is -1.06. The molecule has 1 heterocycles. The van der Waals surface area contributed by atoms with Crippen LogP contribution in [-0.2, 0) is 16.1 Å². The number of hydrogen-bond donors (Lipinski definition) is 2. The number of nitrogens with zero attached hydrogens (tertiary/aromatic N) is 2. The zero-order valence-corrected chi connectivity index (χ0v) is 17.7. The van der Waals surface area contributed by atoms with Crippen LogP contribution in [0.5, 0.6) is 5.75 Å². The van der Waals surface area contributed by atoms with Gasteiger partial charge in [-0.15, -0.1) is 0 Å². The van der Waals surface area contributed by atoms with E-state index in [1.165, 1.54) is 4.90 Å². The SMILES string of the molecule is COc1ccc(-c2ccc(N(C(C(=O)O)C3CCN(C(=O)O)CC3)S(=O)[O-])cc2)cc1. The van der Waals surface area contributed by atoms with E-state index in [9.17, 15) is 23.5 Å². The zero-order valence-electron chi connectivity index (χ0n) is 16.8. The van der Waals surface area contributed by atoms with Gasteiger partial charge in [0.25, 0.3) is 0 Å². The summed E-state index contributed by atoms with van der Waals surface area (Å²) in [4.78, 5) is 24.3. The summed E-state index contributed by atoms with van der Waals surface area (Å²) in [7, 11) is 1.58. The first-order chi connectivity index (χ1) is 14.8. The maximum atomic E-state index is 12.0. The van der Waals surface area contributed by atoms with Crippen LogP contribution in [0.1, 0.15) is 12.8 Å². The molecule has 1 aliphatic rings. The Kier molecular flexibility index (Phi) is 7.13. The highest BCUT2D eigenvalue weighted by Gasteiger charge is 2.37. The number of aliphatic carboxylic acids is 1. The van der Waals surface area contributed by atoms with E-state index < -0.39 is 35.3 Å². The van der Waals surface area contributed by atoms with E-state index in [-0.39, 0.29) is 31.6 Å². The van der Waals surface area contributed by atoms with Crippen LogP contribution < -0.4 is 9.04 Å². The number of rotatable bonds is 7. The Morgan fingerprint density at radius 2 is 1.58 bits per heavy atom. The topological polar surface area (TPSA) is 130 Å². The molecule has 2 N–H and O–H groups in total. The Hall–Kier alpha value is -3.11. The van der Waals surface area contributed by atoms with E-state index in [4.69, 9.17) is 9.84 Å². The quantitative estimate of drug-likeness (QED) is 0.624. The van der Waals surface area contributed by atoms with Gasteiger partial charge in [0.15, 0.2) is 0 Å². The zero-order chi connectivity index (χ0) is 22.5. The van der Waals surface area contributed by atoms with E-state index in [1.54, 1.807) is 31.4 Å². The minimum atomic E-state index is -2.82. The lowest BCUT2D eigenvalue weighted by Crippen LogP contribution is -2.51. The van der Waals surface area contributed by atoms with Crippen molar-refractivity contribution in [2.24, 2.45) is 5.92 Å². The molecule has 0 radical (unpaired) electrons. The van der Waals surface area contributed by atoms with Crippen LogP contribution in [0.15, 0.2) is 48.5 Å². The van der Waals surface area contributed by atoms with E-state index in [2.05, 4.69) is 0 Å². The van der Waals surface area contributed by atoms with Gasteiger partial charge >= 0.3 is 12.1 Å². The number of anilines is 1. The first-order valence-corrected chi connectivity index (χ1v) is 10.7. The number of carboxylic acid groups (broad SMARTS) is 2. The number of benzene rings is 2. The molecule has 0 aromatic heterocycles. The molecule has 1 fully saturated rings. The van der Waals surface area contributed by atoms with Crippen LogP contribution in [0, 0.1) is 5.92 Å². The average Bonchev–Trinajstić information content (AvgIpc) is 2.77. The first-order valence-electron chi connectivity index (χ1n) is 9.65. The summed E-state index contributed by atoms with van der Waals surface area (Å²) in [6.45, 7) is 0.332. The summed E-state index contributed by atoms with van der Waals surface area (Å²) in [5.41, 5.74) is 1.97. The molecule has 2 aromatic carbocycles. The minimum absolute atomic E-state index is 0.166. The number of carbonyl (C=O) groups is 2. The van der Waals surface area contributed by atoms with Crippen molar-refractivity contribution >= 4 is 29.0 Å². The van der Waals surface area contributed by atoms with Gasteiger partial charge in [0.2, 0.25) is 0 Å². The van der Waals surface area contributed by atoms with Crippen LogP contribution in [0.4, 0.5) is 10.5 Å². The first kappa shape index (κ1) is 22.6. The Morgan fingerprint density at radius 3 is 2.00 bits per heavy atom. The molecule has 0 bridgehead atoms. The Bertz CT molecular complexity index is 941. The molecule has 0 saturated carbocycles. The third kappa shape index (κ3) is 5.15. The molecule has 9 nitrogen and oxygen atoms in total. The lowest BCUT2D eigenvalue weighted by atomic mass is 9.89. The highest BCUT2D eigenvalue weighted by molar-refractivity contribution is 7.80. The molecule has 0 spiro atoms. The summed E-state index contributed by atoms with van der Waals surface area (Å²) >= 11 is -2.82. The van der Waals surface area contributed by atoms with Gasteiger partial charge < -0.3 is 24.4 Å². The van der Waals surface area contributed by atoms with E-state index >= 15 is 0 Å². The molecular weight excluding hydrogens is 424 g/mol. The molecular formula is C21H23N2O7S-. The lowest BCUT2D eigenvalue weighted by molar-refractivity contribution is -0.140. The minimum Gasteiger partial charge on any atom is -0.755 e. The van der Waals surface area contributed by atoms with Gasteiger partial charge in [-0.05, 0) is 54.2 Å². The fourth-order valence-corrected chi connectivity index (χ4v) is 4.57. The smallest absolute Gasteiger partial charge is 0.407 e. The molecule has 1 amide bonds. The van der Waals surface area contributed by atoms with E-state index in [0.717, 1.165) is 15.4 Å². The molecule has 2 aromatic rings. The van der Waals surface area contributed by atoms with Gasteiger partial charge in [-0.25, -0.2) is 9.59 Å². The average molecular weight is 447 g/mol.